The first kappa shape index (κ1) is 21.0. The molecule has 0 saturated carbocycles. The second-order valence-corrected chi connectivity index (χ2v) is 6.00. The van der Waals surface area contributed by atoms with Gasteiger partial charge < -0.3 is 19.5 Å². The van der Waals surface area contributed by atoms with E-state index in [1.54, 1.807) is 13.0 Å². The maximum Gasteiger partial charge on any atom is 0.310 e. The van der Waals surface area contributed by atoms with Gasteiger partial charge in [0.15, 0.2) is 6.61 Å². The molecule has 1 N–H and O–H groups in total. The van der Waals surface area contributed by atoms with Crippen LogP contribution in [0, 0.1) is 5.92 Å². The minimum atomic E-state index is -0.474. The fraction of sp³-hybridized carbons (Fsp3) is 0.579. The van der Waals surface area contributed by atoms with E-state index in [4.69, 9.17) is 9.47 Å². The van der Waals surface area contributed by atoms with Crippen LogP contribution in [0.2, 0.25) is 0 Å². The summed E-state index contributed by atoms with van der Waals surface area (Å²) < 4.78 is 10.3. The summed E-state index contributed by atoms with van der Waals surface area (Å²) in [5.74, 6) is -0.496. The van der Waals surface area contributed by atoms with Crippen LogP contribution in [0.3, 0.4) is 0 Å². The van der Waals surface area contributed by atoms with Crippen LogP contribution in [0.4, 0.5) is 0 Å². The van der Waals surface area contributed by atoms with Crippen LogP contribution in [0.5, 0.6) is 5.75 Å². The molecule has 0 aromatic heterocycles. The van der Waals surface area contributed by atoms with Gasteiger partial charge in [0.05, 0.1) is 25.7 Å². The number of benzene rings is 1. The van der Waals surface area contributed by atoms with Gasteiger partial charge in [-0.3, -0.25) is 9.59 Å². The Morgan fingerprint density at radius 2 is 2.00 bits per heavy atom. The SMILES string of the molecule is CCc1cccc(OCC(=O)N(CC(C)C(=O)OC)C(CC)CO)c1. The molecule has 6 nitrogen and oxygen atoms in total. The zero-order chi connectivity index (χ0) is 18.8. The highest BCUT2D eigenvalue weighted by Crippen LogP contribution is 2.15. The van der Waals surface area contributed by atoms with E-state index in [2.05, 4.69) is 0 Å². The van der Waals surface area contributed by atoms with Gasteiger partial charge in [-0.15, -0.1) is 0 Å². The third-order valence-electron chi connectivity index (χ3n) is 4.19. The minimum absolute atomic E-state index is 0.141. The molecular weight excluding hydrogens is 322 g/mol. The maximum absolute atomic E-state index is 12.6. The van der Waals surface area contributed by atoms with Gasteiger partial charge in [0, 0.05) is 6.54 Å². The second kappa shape index (κ2) is 10.7. The highest BCUT2D eigenvalue weighted by Gasteiger charge is 2.27. The Kier molecular flexibility index (Phi) is 8.99. The largest absolute Gasteiger partial charge is 0.484 e. The number of carbonyl (C=O) groups is 2. The standard InChI is InChI=1S/C19H29NO5/c1-5-15-8-7-9-17(10-15)25-13-18(22)20(16(6-2)12-21)11-14(3)19(23)24-4/h7-10,14,16,21H,5-6,11-13H2,1-4H3. The molecule has 0 spiro atoms. The molecule has 0 aliphatic rings. The number of amides is 1. The molecule has 0 bridgehead atoms. The lowest BCUT2D eigenvalue weighted by atomic mass is 10.1. The number of hydrogen-bond donors (Lipinski definition) is 1. The van der Waals surface area contributed by atoms with E-state index in [0.29, 0.717) is 12.2 Å². The number of aryl methyl sites for hydroxylation is 1. The Labute approximate surface area is 149 Å². The number of esters is 1. The second-order valence-electron chi connectivity index (χ2n) is 6.00. The molecule has 1 aromatic carbocycles. The van der Waals surface area contributed by atoms with Gasteiger partial charge >= 0.3 is 5.97 Å². The van der Waals surface area contributed by atoms with Gasteiger partial charge in [-0.1, -0.05) is 32.9 Å². The van der Waals surface area contributed by atoms with Crippen LogP contribution in [0.15, 0.2) is 24.3 Å². The minimum Gasteiger partial charge on any atom is -0.484 e. The zero-order valence-corrected chi connectivity index (χ0v) is 15.5. The third kappa shape index (κ3) is 6.38. The smallest absolute Gasteiger partial charge is 0.310 e. The number of hydrogen-bond acceptors (Lipinski definition) is 5. The fourth-order valence-corrected chi connectivity index (χ4v) is 2.56. The number of methoxy groups -OCH3 is 1. The summed E-state index contributed by atoms with van der Waals surface area (Å²) in [6, 6.07) is 7.23. The summed E-state index contributed by atoms with van der Waals surface area (Å²) in [4.78, 5) is 25.8. The molecule has 1 rings (SSSR count). The molecule has 0 aliphatic carbocycles. The summed E-state index contributed by atoms with van der Waals surface area (Å²) in [6.07, 6.45) is 1.47. The van der Waals surface area contributed by atoms with Crippen LogP contribution in [0.25, 0.3) is 0 Å². The van der Waals surface area contributed by atoms with E-state index in [0.717, 1.165) is 12.0 Å². The normalized spacial score (nSPS) is 13.0. The lowest BCUT2D eigenvalue weighted by Crippen LogP contribution is -2.47. The van der Waals surface area contributed by atoms with Crippen molar-refractivity contribution < 1.29 is 24.2 Å². The Morgan fingerprint density at radius 3 is 2.56 bits per heavy atom. The topological polar surface area (TPSA) is 76.1 Å². The third-order valence-corrected chi connectivity index (χ3v) is 4.19. The predicted molar refractivity (Wildman–Crippen MR) is 95.4 cm³/mol. The van der Waals surface area contributed by atoms with E-state index in [1.807, 2.05) is 32.0 Å². The molecule has 6 heteroatoms. The van der Waals surface area contributed by atoms with E-state index >= 15 is 0 Å². The van der Waals surface area contributed by atoms with E-state index in [-0.39, 0.29) is 37.7 Å². The summed E-state index contributed by atoms with van der Waals surface area (Å²) in [5.41, 5.74) is 1.13. The Balaban J connectivity index is 2.78. The molecule has 25 heavy (non-hydrogen) atoms. The van der Waals surface area contributed by atoms with Crippen molar-refractivity contribution in [2.24, 2.45) is 5.92 Å². The van der Waals surface area contributed by atoms with Gasteiger partial charge in [0.1, 0.15) is 5.75 Å². The maximum atomic E-state index is 12.6. The van der Waals surface area contributed by atoms with Gasteiger partial charge in [0.25, 0.3) is 5.91 Å². The van der Waals surface area contributed by atoms with Crippen molar-refractivity contribution in [2.45, 2.75) is 39.7 Å². The highest BCUT2D eigenvalue weighted by atomic mass is 16.5. The van der Waals surface area contributed by atoms with Crippen molar-refractivity contribution in [3.8, 4) is 5.75 Å². The van der Waals surface area contributed by atoms with E-state index in [1.165, 1.54) is 12.0 Å². The number of nitrogens with zero attached hydrogens (tertiary/aromatic N) is 1. The Hall–Kier alpha value is -2.08. The van der Waals surface area contributed by atoms with Crippen molar-refractivity contribution >= 4 is 11.9 Å². The molecule has 0 radical (unpaired) electrons. The molecule has 0 aliphatic heterocycles. The molecule has 2 unspecified atom stereocenters. The quantitative estimate of drug-likeness (QED) is 0.653. The molecule has 0 saturated heterocycles. The first-order valence-corrected chi connectivity index (χ1v) is 8.66. The molecule has 1 amide bonds. The summed E-state index contributed by atoms with van der Waals surface area (Å²) >= 11 is 0. The lowest BCUT2D eigenvalue weighted by molar-refractivity contribution is -0.148. The van der Waals surface area contributed by atoms with Gasteiger partial charge in [-0.25, -0.2) is 0 Å². The summed E-state index contributed by atoms with van der Waals surface area (Å²) in [7, 11) is 1.32. The van der Waals surface area contributed by atoms with E-state index in [9.17, 15) is 14.7 Å². The van der Waals surface area contributed by atoms with Gasteiger partial charge in [-0.05, 0) is 30.5 Å². The van der Waals surface area contributed by atoms with Crippen molar-refractivity contribution in [2.75, 3.05) is 26.9 Å². The van der Waals surface area contributed by atoms with Crippen LogP contribution >= 0.6 is 0 Å². The van der Waals surface area contributed by atoms with Crippen LogP contribution in [0.1, 0.15) is 32.8 Å². The number of rotatable bonds is 10. The van der Waals surface area contributed by atoms with Crippen molar-refractivity contribution in [3.05, 3.63) is 29.8 Å². The van der Waals surface area contributed by atoms with Gasteiger partial charge in [0.2, 0.25) is 0 Å². The average Bonchev–Trinajstić information content (AvgIpc) is 2.65. The molecule has 140 valence electrons. The van der Waals surface area contributed by atoms with Crippen LogP contribution in [-0.4, -0.2) is 54.8 Å². The molecule has 0 heterocycles. The highest BCUT2D eigenvalue weighted by molar-refractivity contribution is 5.79. The first-order chi connectivity index (χ1) is 12.0. The Morgan fingerprint density at radius 1 is 1.28 bits per heavy atom. The molecular formula is C19H29NO5. The monoisotopic (exact) mass is 351 g/mol. The Bertz CT molecular complexity index is 557. The number of aliphatic hydroxyl groups excluding tert-OH is 1. The first-order valence-electron chi connectivity index (χ1n) is 8.66. The van der Waals surface area contributed by atoms with Crippen molar-refractivity contribution in [1.29, 1.82) is 0 Å². The molecule has 2 atom stereocenters. The van der Waals surface area contributed by atoms with E-state index < -0.39 is 5.92 Å². The molecule has 0 fully saturated rings. The number of carbonyl (C=O) groups excluding carboxylic acids is 2. The lowest BCUT2D eigenvalue weighted by Gasteiger charge is -2.31. The fourth-order valence-electron chi connectivity index (χ4n) is 2.56. The molecule has 1 aromatic rings. The average molecular weight is 351 g/mol. The van der Waals surface area contributed by atoms with Crippen molar-refractivity contribution in [3.63, 3.8) is 0 Å². The van der Waals surface area contributed by atoms with Gasteiger partial charge in [-0.2, -0.15) is 0 Å². The van der Waals surface area contributed by atoms with Crippen molar-refractivity contribution in [1.82, 2.24) is 4.90 Å². The summed E-state index contributed by atoms with van der Waals surface area (Å²) in [6.45, 7) is 5.51. The van der Waals surface area contributed by atoms with Crippen LogP contribution in [-0.2, 0) is 20.7 Å². The number of aliphatic hydroxyl groups is 1. The zero-order valence-electron chi connectivity index (χ0n) is 15.5. The summed E-state index contributed by atoms with van der Waals surface area (Å²) in [5, 5.41) is 9.56. The predicted octanol–water partition coefficient (Wildman–Crippen LogP) is 2.04. The van der Waals surface area contributed by atoms with Crippen LogP contribution < -0.4 is 4.74 Å². The number of ether oxygens (including phenoxy) is 2.